The number of unbranched alkanes of at least 4 members (excludes halogenated alkanes) is 1. The van der Waals surface area contributed by atoms with E-state index in [1.165, 1.54) is 73.7 Å². The smallest absolute Gasteiger partial charge is 1.00 e. The van der Waals surface area contributed by atoms with Gasteiger partial charge in [-0.2, -0.15) is 18.2 Å². The van der Waals surface area contributed by atoms with Crippen molar-refractivity contribution >= 4 is 26.4 Å². The second kappa shape index (κ2) is 15.5. The van der Waals surface area contributed by atoms with Crippen molar-refractivity contribution in [2.45, 2.75) is 51.6 Å². The van der Waals surface area contributed by atoms with Gasteiger partial charge in [-0.1, -0.05) is 117 Å². The van der Waals surface area contributed by atoms with Crippen molar-refractivity contribution < 1.29 is 51.0 Å². The van der Waals surface area contributed by atoms with Gasteiger partial charge in [-0.3, -0.25) is 0 Å². The van der Waals surface area contributed by atoms with Crippen LogP contribution < -0.4 is 24.8 Å². The molecular formula is C38H36Cl2SiZr. The number of fused-ring (bicyclic) bond motifs is 5. The molecule has 0 saturated heterocycles. The second-order valence-electron chi connectivity index (χ2n) is 10.8. The van der Waals surface area contributed by atoms with Gasteiger partial charge in [0.25, 0.3) is 0 Å². The molecule has 5 aromatic rings. The number of benzene rings is 5. The Morgan fingerprint density at radius 2 is 1.50 bits per heavy atom. The molecule has 0 spiro atoms. The fourth-order valence-corrected chi connectivity index (χ4v) is 6.39. The van der Waals surface area contributed by atoms with Gasteiger partial charge in [-0.15, -0.1) is 16.7 Å². The largest absolute Gasteiger partial charge is 3.00 e. The van der Waals surface area contributed by atoms with Gasteiger partial charge in [0.05, 0.1) is 0 Å². The molecule has 0 aliphatic heterocycles. The zero-order valence-corrected chi connectivity index (χ0v) is 29.7. The molecule has 2 aliphatic rings. The SMILES string of the molecule is CCCCC1=Cc2c(-c3ccc4ccccc4c3)cccc2C1c1[c-]ccc2c1Cc1ccccc1-2.C[SiH]C.[Cl-].[Cl-].[Zr+3]. The molecule has 0 fully saturated rings. The summed E-state index contributed by atoms with van der Waals surface area (Å²) in [5, 5.41) is 2.59. The van der Waals surface area contributed by atoms with Gasteiger partial charge in [0.1, 0.15) is 0 Å². The van der Waals surface area contributed by atoms with E-state index in [4.69, 9.17) is 0 Å². The van der Waals surface area contributed by atoms with Gasteiger partial charge in [0.15, 0.2) is 0 Å². The molecule has 0 saturated carbocycles. The molecule has 4 heteroatoms. The third-order valence-corrected chi connectivity index (χ3v) is 8.13. The van der Waals surface area contributed by atoms with Crippen LogP contribution in [0.15, 0.2) is 103 Å². The van der Waals surface area contributed by atoms with Crippen LogP contribution in [-0.4, -0.2) is 9.52 Å². The first-order valence-corrected chi connectivity index (χ1v) is 16.7. The van der Waals surface area contributed by atoms with E-state index in [1.807, 2.05) is 0 Å². The summed E-state index contributed by atoms with van der Waals surface area (Å²) < 4.78 is 0. The van der Waals surface area contributed by atoms with E-state index in [2.05, 4.69) is 129 Å². The van der Waals surface area contributed by atoms with E-state index in [-0.39, 0.29) is 56.9 Å². The van der Waals surface area contributed by atoms with Gasteiger partial charge in [0.2, 0.25) is 0 Å². The maximum Gasteiger partial charge on any atom is 3.00 e. The van der Waals surface area contributed by atoms with Crippen LogP contribution in [0.2, 0.25) is 13.1 Å². The van der Waals surface area contributed by atoms with Crippen molar-refractivity contribution in [3.63, 3.8) is 0 Å². The Kier molecular flexibility index (Phi) is 12.6. The van der Waals surface area contributed by atoms with Crippen LogP contribution in [0.1, 0.15) is 59.9 Å². The van der Waals surface area contributed by atoms with Gasteiger partial charge < -0.3 is 24.8 Å². The van der Waals surface area contributed by atoms with Crippen molar-refractivity contribution in [2.24, 2.45) is 0 Å². The van der Waals surface area contributed by atoms with Crippen molar-refractivity contribution in [1.29, 1.82) is 0 Å². The monoisotopic (exact) mass is 680 g/mol. The summed E-state index contributed by atoms with van der Waals surface area (Å²) in [6, 6.07) is 39.5. The summed E-state index contributed by atoms with van der Waals surface area (Å²) in [4.78, 5) is 0. The molecule has 210 valence electrons. The number of halogens is 2. The minimum Gasteiger partial charge on any atom is -1.00 e. The molecule has 0 amide bonds. The third kappa shape index (κ3) is 6.48. The fraction of sp³-hybridized carbons (Fsp3) is 0.211. The molecule has 1 unspecified atom stereocenters. The van der Waals surface area contributed by atoms with Crippen molar-refractivity contribution in [3.05, 3.63) is 137 Å². The first kappa shape index (κ1) is 34.3. The third-order valence-electron chi connectivity index (χ3n) is 8.13. The van der Waals surface area contributed by atoms with E-state index in [9.17, 15) is 0 Å². The number of allylic oxidation sites excluding steroid dienone is 1. The summed E-state index contributed by atoms with van der Waals surface area (Å²) in [5.41, 5.74) is 14.1. The van der Waals surface area contributed by atoms with Gasteiger partial charge in [-0.05, 0) is 69.5 Å². The fourth-order valence-electron chi connectivity index (χ4n) is 6.39. The first-order valence-electron chi connectivity index (χ1n) is 14.4. The zero-order valence-electron chi connectivity index (χ0n) is 24.6. The van der Waals surface area contributed by atoms with Crippen LogP contribution in [0.25, 0.3) is 39.1 Å². The summed E-state index contributed by atoms with van der Waals surface area (Å²) in [5.74, 6) is 0.288. The molecule has 0 N–H and O–H groups in total. The Morgan fingerprint density at radius 3 is 2.29 bits per heavy atom. The average Bonchev–Trinajstić information content (AvgIpc) is 3.54. The van der Waals surface area contributed by atoms with Crippen LogP contribution >= 0.6 is 0 Å². The zero-order chi connectivity index (χ0) is 26.8. The van der Waals surface area contributed by atoms with Gasteiger partial charge in [-0.25, -0.2) is 0 Å². The molecule has 0 nitrogen and oxygen atoms in total. The molecule has 0 bridgehead atoms. The Morgan fingerprint density at radius 1 is 0.786 bits per heavy atom. The Hall–Kier alpha value is -2.22. The minimum absolute atomic E-state index is 0. The molecule has 7 rings (SSSR count). The average molecular weight is 683 g/mol. The summed E-state index contributed by atoms with van der Waals surface area (Å²) in [6.07, 6.45) is 7.08. The first-order chi connectivity index (χ1) is 19.2. The molecular weight excluding hydrogens is 647 g/mol. The van der Waals surface area contributed by atoms with Gasteiger partial charge >= 0.3 is 26.2 Å². The van der Waals surface area contributed by atoms with Crippen LogP contribution in [0.5, 0.6) is 0 Å². The van der Waals surface area contributed by atoms with Gasteiger partial charge in [0, 0.05) is 15.4 Å². The maximum atomic E-state index is 3.74. The van der Waals surface area contributed by atoms with Crippen molar-refractivity contribution in [3.8, 4) is 22.3 Å². The second-order valence-corrected chi connectivity index (χ2v) is 12.0. The quantitative estimate of drug-likeness (QED) is 0.190. The van der Waals surface area contributed by atoms with E-state index < -0.39 is 0 Å². The maximum absolute atomic E-state index is 3.74. The Labute approximate surface area is 285 Å². The Bertz CT molecular complexity index is 1690. The summed E-state index contributed by atoms with van der Waals surface area (Å²) in [6.45, 7) is 6.71. The molecule has 5 aromatic carbocycles. The normalized spacial score (nSPS) is 13.7. The van der Waals surface area contributed by atoms with E-state index >= 15 is 0 Å². The van der Waals surface area contributed by atoms with Crippen molar-refractivity contribution in [2.75, 3.05) is 0 Å². The number of hydrogen-bond donors (Lipinski definition) is 0. The van der Waals surface area contributed by atoms with Crippen LogP contribution in [0, 0.1) is 6.07 Å². The predicted octanol–water partition coefficient (Wildman–Crippen LogP) is 4.12. The van der Waals surface area contributed by atoms with E-state index in [0.717, 1.165) is 22.4 Å². The van der Waals surface area contributed by atoms with Crippen LogP contribution in [-0.2, 0) is 32.6 Å². The van der Waals surface area contributed by atoms with Crippen LogP contribution in [0.3, 0.4) is 0 Å². The van der Waals surface area contributed by atoms with Crippen molar-refractivity contribution in [1.82, 2.24) is 0 Å². The number of rotatable bonds is 5. The molecule has 1 atom stereocenters. The van der Waals surface area contributed by atoms with Crippen LogP contribution in [0.4, 0.5) is 0 Å². The molecule has 0 heterocycles. The molecule has 42 heavy (non-hydrogen) atoms. The molecule has 2 radical (unpaired) electrons. The van der Waals surface area contributed by atoms with E-state index in [1.54, 1.807) is 5.57 Å². The predicted molar refractivity (Wildman–Crippen MR) is 171 cm³/mol. The summed E-state index contributed by atoms with van der Waals surface area (Å²) in [7, 11) is 0.750. The minimum atomic E-state index is 0. The standard InChI is InChI=1S/C36H29.C2H7Si.2ClH.Zr/c1-2-3-10-28-23-34-30(27-20-19-24-11-4-5-12-25(24)21-27)15-8-17-32(34)36(28)33-18-9-16-31-29-14-7-6-13-26(29)22-35(31)33;1-3-2;;;/h4-9,11-17,19-21,23,36H,2-3,10,22H2,1H3;3H,1-2H3;2*1H;/q-1;;;;+3/p-2. The summed E-state index contributed by atoms with van der Waals surface area (Å²) >= 11 is 0. The topological polar surface area (TPSA) is 0 Å². The Balaban J connectivity index is 0.000000776. The number of hydrogen-bond acceptors (Lipinski definition) is 0. The van der Waals surface area contributed by atoms with E-state index in [0.29, 0.717) is 0 Å². The molecule has 0 aromatic heterocycles. The molecule has 2 aliphatic carbocycles.